The first kappa shape index (κ1) is 17.4. The van der Waals surface area contributed by atoms with E-state index >= 15 is 0 Å². The van der Waals surface area contributed by atoms with Crippen LogP contribution in [0.15, 0.2) is 12.7 Å². The van der Waals surface area contributed by atoms with Gasteiger partial charge in [-0.2, -0.15) is 5.10 Å². The highest BCUT2D eigenvalue weighted by Gasteiger charge is 2.22. The number of carbonyl (C=O) groups is 1. The molecule has 0 aliphatic heterocycles. The summed E-state index contributed by atoms with van der Waals surface area (Å²) >= 11 is 1.68. The molecule has 2 atom stereocenters. The monoisotopic (exact) mass is 336 g/mol. The van der Waals surface area contributed by atoms with Gasteiger partial charge in [-0.15, -0.1) is 11.3 Å². The first-order chi connectivity index (χ1) is 10.9. The smallest absolute Gasteiger partial charge is 0.317 e. The predicted molar refractivity (Wildman–Crippen MR) is 90.4 cm³/mol. The Balaban J connectivity index is 1.96. The number of carbonyl (C=O) groups excluding carboxylic acids is 1. The molecule has 0 aromatic carbocycles. The van der Waals surface area contributed by atoms with Gasteiger partial charge in [-0.3, -0.25) is 4.68 Å². The van der Waals surface area contributed by atoms with Crippen LogP contribution in [0.4, 0.5) is 4.79 Å². The van der Waals surface area contributed by atoms with Gasteiger partial charge in [0.25, 0.3) is 0 Å². The van der Waals surface area contributed by atoms with Crippen LogP contribution < -0.4 is 5.32 Å². The molecule has 23 heavy (non-hydrogen) atoms. The van der Waals surface area contributed by atoms with Crippen LogP contribution in [-0.4, -0.2) is 43.8 Å². The van der Waals surface area contributed by atoms with Crippen LogP contribution in [0, 0.1) is 6.92 Å². The van der Waals surface area contributed by atoms with E-state index in [1.165, 1.54) is 6.33 Å². The Bertz CT molecular complexity index is 638. The highest BCUT2D eigenvalue weighted by molar-refractivity contribution is 7.11. The Hall–Kier alpha value is -1.96. The van der Waals surface area contributed by atoms with Crippen molar-refractivity contribution in [2.75, 3.05) is 7.05 Å². The number of urea groups is 1. The van der Waals surface area contributed by atoms with Crippen molar-refractivity contribution in [2.24, 2.45) is 0 Å². The summed E-state index contributed by atoms with van der Waals surface area (Å²) in [4.78, 5) is 23.7. The Morgan fingerprint density at radius 1 is 1.48 bits per heavy atom. The molecule has 0 saturated heterocycles. The van der Waals surface area contributed by atoms with Gasteiger partial charge in [-0.05, 0) is 27.2 Å². The zero-order valence-corrected chi connectivity index (χ0v) is 15.1. The Kier molecular flexibility index (Phi) is 5.70. The average Bonchev–Trinajstić information content (AvgIpc) is 3.14. The predicted octanol–water partition coefficient (Wildman–Crippen LogP) is 2.40. The minimum absolute atomic E-state index is 0.00799. The van der Waals surface area contributed by atoms with E-state index in [-0.39, 0.29) is 18.1 Å². The lowest BCUT2D eigenvalue weighted by atomic mass is 10.2. The summed E-state index contributed by atoms with van der Waals surface area (Å²) in [6.45, 7) is 8.66. The van der Waals surface area contributed by atoms with Crippen LogP contribution in [0.1, 0.15) is 42.4 Å². The second kappa shape index (κ2) is 7.54. The third-order valence-corrected chi connectivity index (χ3v) is 5.23. The van der Waals surface area contributed by atoms with E-state index in [0.717, 1.165) is 22.0 Å². The molecule has 1 N–H and O–H groups in total. The minimum Gasteiger partial charge on any atom is -0.334 e. The molecular formula is C15H24N6OS. The maximum absolute atomic E-state index is 12.4. The molecule has 126 valence electrons. The summed E-state index contributed by atoms with van der Waals surface area (Å²) in [5.74, 6) is 0. The fourth-order valence-corrected chi connectivity index (χ4v) is 3.42. The Morgan fingerprint density at radius 2 is 2.22 bits per heavy atom. The topological polar surface area (TPSA) is 75.9 Å². The average molecular weight is 336 g/mol. The lowest BCUT2D eigenvalue weighted by Crippen LogP contribution is -2.44. The number of aromatic nitrogens is 4. The van der Waals surface area contributed by atoms with Gasteiger partial charge in [0.1, 0.15) is 12.7 Å². The molecule has 0 saturated carbocycles. The van der Waals surface area contributed by atoms with Gasteiger partial charge in [0.2, 0.25) is 0 Å². The third-order valence-electron chi connectivity index (χ3n) is 3.76. The van der Waals surface area contributed by atoms with Crippen LogP contribution in [0.3, 0.4) is 0 Å². The fraction of sp³-hybridized carbons (Fsp3) is 0.600. The SMILES string of the molecule is CCc1nc(C)c([C@H](C)N(C)C(=O)N[C@@H](C)Cn2cncn2)s1. The maximum Gasteiger partial charge on any atom is 0.317 e. The number of hydrogen-bond acceptors (Lipinski definition) is 5. The van der Waals surface area contributed by atoms with E-state index in [4.69, 9.17) is 0 Å². The molecule has 2 aromatic rings. The van der Waals surface area contributed by atoms with Gasteiger partial charge in [0.15, 0.2) is 0 Å². The molecule has 8 heteroatoms. The molecule has 0 unspecified atom stereocenters. The van der Waals surface area contributed by atoms with E-state index in [9.17, 15) is 4.79 Å². The number of amides is 2. The summed E-state index contributed by atoms with van der Waals surface area (Å²) in [5.41, 5.74) is 1.01. The molecule has 0 spiro atoms. The van der Waals surface area contributed by atoms with Crippen LogP contribution >= 0.6 is 11.3 Å². The molecule has 2 heterocycles. The van der Waals surface area contributed by atoms with Gasteiger partial charge in [-0.1, -0.05) is 6.92 Å². The second-order valence-electron chi connectivity index (χ2n) is 5.67. The molecule has 0 fully saturated rings. The van der Waals surface area contributed by atoms with Crippen LogP contribution in [0.2, 0.25) is 0 Å². The van der Waals surface area contributed by atoms with Gasteiger partial charge in [-0.25, -0.2) is 14.8 Å². The summed E-state index contributed by atoms with van der Waals surface area (Å²) < 4.78 is 1.70. The molecule has 2 aromatic heterocycles. The highest BCUT2D eigenvalue weighted by Crippen LogP contribution is 2.28. The van der Waals surface area contributed by atoms with Crippen molar-refractivity contribution < 1.29 is 4.79 Å². The van der Waals surface area contributed by atoms with Crippen molar-refractivity contribution in [3.8, 4) is 0 Å². The molecule has 0 aliphatic carbocycles. The lowest BCUT2D eigenvalue weighted by molar-refractivity contribution is 0.190. The number of nitrogens with one attached hydrogen (secondary N) is 1. The highest BCUT2D eigenvalue weighted by atomic mass is 32.1. The van der Waals surface area contributed by atoms with Crippen molar-refractivity contribution in [1.29, 1.82) is 0 Å². The van der Waals surface area contributed by atoms with E-state index in [0.29, 0.717) is 6.54 Å². The van der Waals surface area contributed by atoms with Gasteiger partial charge < -0.3 is 10.2 Å². The molecule has 0 radical (unpaired) electrons. The molecule has 0 aliphatic rings. The van der Waals surface area contributed by atoms with Crippen molar-refractivity contribution in [2.45, 2.75) is 52.7 Å². The lowest BCUT2D eigenvalue weighted by Gasteiger charge is -2.26. The second-order valence-corrected chi connectivity index (χ2v) is 6.78. The zero-order valence-electron chi connectivity index (χ0n) is 14.3. The number of hydrogen-bond donors (Lipinski definition) is 1. The normalized spacial score (nSPS) is 13.6. The molecule has 2 amide bonds. The Morgan fingerprint density at radius 3 is 2.78 bits per heavy atom. The van der Waals surface area contributed by atoms with Gasteiger partial charge in [0.05, 0.1) is 23.3 Å². The number of rotatable bonds is 6. The molecule has 7 nitrogen and oxygen atoms in total. The summed E-state index contributed by atoms with van der Waals surface area (Å²) in [6, 6.07) is -0.144. The van der Waals surface area contributed by atoms with Crippen molar-refractivity contribution >= 4 is 17.4 Å². The fourth-order valence-electron chi connectivity index (χ4n) is 2.32. The molecular weight excluding hydrogens is 312 g/mol. The van der Waals surface area contributed by atoms with E-state index in [2.05, 4.69) is 27.3 Å². The number of nitrogens with zero attached hydrogens (tertiary/aromatic N) is 5. The summed E-state index contributed by atoms with van der Waals surface area (Å²) in [7, 11) is 1.81. The summed E-state index contributed by atoms with van der Waals surface area (Å²) in [5, 5.41) is 8.15. The Labute approximate surface area is 140 Å². The van der Waals surface area contributed by atoms with Crippen LogP contribution in [0.5, 0.6) is 0 Å². The third kappa shape index (κ3) is 4.28. The molecule has 2 rings (SSSR count). The number of thiazole rings is 1. The maximum atomic E-state index is 12.4. The largest absolute Gasteiger partial charge is 0.334 e. The van der Waals surface area contributed by atoms with Crippen molar-refractivity contribution in [3.63, 3.8) is 0 Å². The van der Waals surface area contributed by atoms with Crippen LogP contribution in [0.25, 0.3) is 0 Å². The molecule has 0 bridgehead atoms. The summed E-state index contributed by atoms with van der Waals surface area (Å²) in [6.07, 6.45) is 4.05. The quantitative estimate of drug-likeness (QED) is 0.879. The van der Waals surface area contributed by atoms with Crippen molar-refractivity contribution in [3.05, 3.63) is 28.2 Å². The van der Waals surface area contributed by atoms with Gasteiger partial charge >= 0.3 is 6.03 Å². The standard InChI is InChI=1S/C15H24N6OS/c1-6-13-19-11(3)14(23-13)12(4)20(5)15(22)18-10(2)7-21-9-16-8-17-21/h8-10,12H,6-7H2,1-5H3,(H,18,22)/t10-,12-/m0/s1. The van der Waals surface area contributed by atoms with Crippen molar-refractivity contribution in [1.82, 2.24) is 30.0 Å². The van der Waals surface area contributed by atoms with E-state index < -0.39 is 0 Å². The first-order valence-corrected chi connectivity index (χ1v) is 8.56. The van der Waals surface area contributed by atoms with E-state index in [1.54, 1.807) is 27.2 Å². The van der Waals surface area contributed by atoms with Crippen LogP contribution in [-0.2, 0) is 13.0 Å². The number of aryl methyl sites for hydroxylation is 2. The minimum atomic E-state index is -0.101. The zero-order chi connectivity index (χ0) is 17.0. The first-order valence-electron chi connectivity index (χ1n) is 7.74. The van der Waals surface area contributed by atoms with Gasteiger partial charge in [0, 0.05) is 18.0 Å². The van der Waals surface area contributed by atoms with E-state index in [1.807, 2.05) is 27.8 Å².